The van der Waals surface area contributed by atoms with E-state index in [2.05, 4.69) is 10.2 Å². The molecule has 0 spiro atoms. The third-order valence-corrected chi connectivity index (χ3v) is 3.87. The van der Waals surface area contributed by atoms with Gasteiger partial charge in [-0.05, 0) is 31.0 Å². The van der Waals surface area contributed by atoms with Gasteiger partial charge in [-0.25, -0.2) is 0 Å². The Bertz CT molecular complexity index is 448. The number of benzene rings is 1. The fraction of sp³-hybridized carbons (Fsp3) is 0.625. The van der Waals surface area contributed by atoms with E-state index in [0.717, 1.165) is 37.5 Å². The lowest BCUT2D eigenvalue weighted by molar-refractivity contribution is -0.138. The highest BCUT2D eigenvalue weighted by molar-refractivity contribution is 5.85. The molecular formula is C16H24ClF3N2O. The molecule has 3 nitrogen and oxygen atoms in total. The van der Waals surface area contributed by atoms with E-state index in [1.54, 1.807) is 0 Å². The Kier molecular flexibility index (Phi) is 8.16. The van der Waals surface area contributed by atoms with Crippen LogP contribution >= 0.6 is 12.4 Å². The summed E-state index contributed by atoms with van der Waals surface area (Å²) in [7, 11) is 0. The Balaban J connectivity index is 0.00000264. The molecule has 7 heteroatoms. The van der Waals surface area contributed by atoms with Crippen LogP contribution in [-0.4, -0.2) is 43.9 Å². The van der Waals surface area contributed by atoms with Crippen molar-refractivity contribution >= 4 is 12.4 Å². The van der Waals surface area contributed by atoms with Crippen molar-refractivity contribution in [1.29, 1.82) is 0 Å². The van der Waals surface area contributed by atoms with Crippen LogP contribution in [0.5, 0.6) is 5.75 Å². The van der Waals surface area contributed by atoms with Crippen LogP contribution in [0.15, 0.2) is 24.3 Å². The molecular weight excluding hydrogens is 329 g/mol. The van der Waals surface area contributed by atoms with Gasteiger partial charge in [-0.3, -0.25) is 4.90 Å². The highest BCUT2D eigenvalue weighted by Crippen LogP contribution is 2.32. The molecule has 132 valence electrons. The smallest absolute Gasteiger partial charge is 0.389 e. The largest absolute Gasteiger partial charge is 0.494 e. The van der Waals surface area contributed by atoms with Gasteiger partial charge in [0.15, 0.2) is 0 Å². The molecule has 1 heterocycles. The summed E-state index contributed by atoms with van der Waals surface area (Å²) in [5, 5.41) is 3.24. The molecule has 2 rings (SSSR count). The molecule has 0 radical (unpaired) electrons. The van der Waals surface area contributed by atoms with Crippen LogP contribution in [0.3, 0.4) is 0 Å². The summed E-state index contributed by atoms with van der Waals surface area (Å²) in [6.07, 6.45) is -4.77. The number of nitrogens with zero attached hydrogens (tertiary/aromatic N) is 1. The molecule has 1 aliphatic rings. The monoisotopic (exact) mass is 352 g/mol. The predicted molar refractivity (Wildman–Crippen MR) is 87.3 cm³/mol. The Morgan fingerprint density at radius 3 is 2.30 bits per heavy atom. The minimum Gasteiger partial charge on any atom is -0.494 e. The number of nitrogens with one attached hydrogen (secondary N) is 1. The lowest BCUT2D eigenvalue weighted by Gasteiger charge is -2.35. The van der Waals surface area contributed by atoms with E-state index in [9.17, 15) is 13.2 Å². The van der Waals surface area contributed by atoms with Crippen LogP contribution in [0.4, 0.5) is 13.2 Å². The van der Waals surface area contributed by atoms with Gasteiger partial charge >= 0.3 is 6.18 Å². The third kappa shape index (κ3) is 6.57. The van der Waals surface area contributed by atoms with Gasteiger partial charge in [0.05, 0.1) is 6.61 Å². The van der Waals surface area contributed by atoms with Gasteiger partial charge in [0, 0.05) is 38.6 Å². The summed E-state index contributed by atoms with van der Waals surface area (Å²) < 4.78 is 43.2. The molecule has 1 aliphatic heterocycles. The Labute approximate surface area is 141 Å². The molecule has 0 saturated carbocycles. The van der Waals surface area contributed by atoms with E-state index in [-0.39, 0.29) is 24.9 Å². The van der Waals surface area contributed by atoms with Gasteiger partial charge < -0.3 is 10.1 Å². The van der Waals surface area contributed by atoms with Crippen molar-refractivity contribution in [3.63, 3.8) is 0 Å². The number of alkyl halides is 3. The maximum Gasteiger partial charge on any atom is 0.389 e. The number of hydrogen-bond acceptors (Lipinski definition) is 3. The summed E-state index contributed by atoms with van der Waals surface area (Å²) >= 11 is 0. The standard InChI is InChI=1S/C16H23F3N2O.ClH/c1-2-22-14-5-3-13(4-6-14)15(7-8-16(17,18)19)21-11-9-20-10-12-21;/h3-6,15,20H,2,7-12H2,1H3;1H/t15-;/m0./s1. The van der Waals surface area contributed by atoms with Crippen molar-refractivity contribution in [2.45, 2.75) is 32.0 Å². The maximum absolute atomic E-state index is 12.6. The molecule has 1 aromatic rings. The Morgan fingerprint density at radius 2 is 1.78 bits per heavy atom. The van der Waals surface area contributed by atoms with Gasteiger partial charge in [-0.1, -0.05) is 12.1 Å². The first-order chi connectivity index (χ1) is 10.5. The zero-order valence-corrected chi connectivity index (χ0v) is 14.1. The molecule has 0 unspecified atom stereocenters. The van der Waals surface area contributed by atoms with Gasteiger partial charge in [-0.15, -0.1) is 12.4 Å². The maximum atomic E-state index is 12.6. The summed E-state index contributed by atoms with van der Waals surface area (Å²) in [6, 6.07) is 7.24. The van der Waals surface area contributed by atoms with E-state index >= 15 is 0 Å². The minimum absolute atomic E-state index is 0. The predicted octanol–water partition coefficient (Wildman–Crippen LogP) is 3.80. The van der Waals surface area contributed by atoms with Crippen LogP contribution < -0.4 is 10.1 Å². The lowest BCUT2D eigenvalue weighted by Crippen LogP contribution is -2.45. The number of hydrogen-bond donors (Lipinski definition) is 1. The molecule has 1 fully saturated rings. The molecule has 0 aromatic heterocycles. The second-order valence-corrected chi connectivity index (χ2v) is 5.46. The van der Waals surface area contributed by atoms with Crippen molar-refractivity contribution in [2.24, 2.45) is 0 Å². The third-order valence-electron chi connectivity index (χ3n) is 3.87. The number of piperazine rings is 1. The molecule has 1 atom stereocenters. The van der Waals surface area contributed by atoms with Crippen LogP contribution in [0.2, 0.25) is 0 Å². The van der Waals surface area contributed by atoms with Gasteiger partial charge in [-0.2, -0.15) is 13.2 Å². The van der Waals surface area contributed by atoms with E-state index in [1.165, 1.54) is 0 Å². The first kappa shape index (κ1) is 20.1. The SMILES string of the molecule is CCOc1ccc([C@H](CCC(F)(F)F)N2CCNCC2)cc1.Cl. The molecule has 0 aliphatic carbocycles. The zero-order valence-electron chi connectivity index (χ0n) is 13.2. The van der Waals surface area contributed by atoms with Crippen molar-refractivity contribution in [1.82, 2.24) is 10.2 Å². The topological polar surface area (TPSA) is 24.5 Å². The van der Waals surface area contributed by atoms with Gasteiger partial charge in [0.2, 0.25) is 0 Å². The lowest BCUT2D eigenvalue weighted by atomic mass is 9.99. The Hall–Kier alpha value is -0.980. The average molecular weight is 353 g/mol. The fourth-order valence-corrected chi connectivity index (χ4v) is 2.81. The number of halogens is 4. The first-order valence-electron chi connectivity index (χ1n) is 7.74. The molecule has 0 bridgehead atoms. The quantitative estimate of drug-likeness (QED) is 0.843. The van der Waals surface area contributed by atoms with E-state index in [0.29, 0.717) is 6.61 Å². The average Bonchev–Trinajstić information content (AvgIpc) is 2.49. The normalized spacial score (nSPS) is 17.4. The summed E-state index contributed by atoms with van der Waals surface area (Å²) in [5.74, 6) is 0.751. The molecule has 0 amide bonds. The van der Waals surface area contributed by atoms with Crippen LogP contribution in [-0.2, 0) is 0 Å². The van der Waals surface area contributed by atoms with E-state index < -0.39 is 12.6 Å². The van der Waals surface area contributed by atoms with Gasteiger partial charge in [0.1, 0.15) is 5.75 Å². The second kappa shape index (κ2) is 9.35. The van der Waals surface area contributed by atoms with Crippen LogP contribution in [0, 0.1) is 0 Å². The molecule has 1 saturated heterocycles. The highest BCUT2D eigenvalue weighted by Gasteiger charge is 2.31. The summed E-state index contributed by atoms with van der Waals surface area (Å²) in [5.41, 5.74) is 0.926. The fourth-order valence-electron chi connectivity index (χ4n) is 2.81. The van der Waals surface area contributed by atoms with Crippen molar-refractivity contribution in [2.75, 3.05) is 32.8 Å². The molecule has 1 aromatic carbocycles. The van der Waals surface area contributed by atoms with Gasteiger partial charge in [0.25, 0.3) is 0 Å². The Morgan fingerprint density at radius 1 is 1.17 bits per heavy atom. The van der Waals surface area contributed by atoms with Crippen molar-refractivity contribution in [3.05, 3.63) is 29.8 Å². The van der Waals surface area contributed by atoms with Crippen molar-refractivity contribution in [3.8, 4) is 5.75 Å². The summed E-state index contributed by atoms with van der Waals surface area (Å²) in [4.78, 5) is 2.14. The van der Waals surface area contributed by atoms with E-state index in [4.69, 9.17) is 4.74 Å². The summed E-state index contributed by atoms with van der Waals surface area (Å²) in [6.45, 7) is 5.67. The van der Waals surface area contributed by atoms with Crippen LogP contribution in [0.25, 0.3) is 0 Å². The molecule has 23 heavy (non-hydrogen) atoms. The first-order valence-corrected chi connectivity index (χ1v) is 7.74. The van der Waals surface area contributed by atoms with Crippen molar-refractivity contribution < 1.29 is 17.9 Å². The number of rotatable bonds is 6. The molecule has 1 N–H and O–H groups in total. The van der Waals surface area contributed by atoms with E-state index in [1.807, 2.05) is 31.2 Å². The second-order valence-electron chi connectivity index (χ2n) is 5.46. The zero-order chi connectivity index (χ0) is 16.0. The number of ether oxygens (including phenoxy) is 1. The van der Waals surface area contributed by atoms with Crippen LogP contribution in [0.1, 0.15) is 31.4 Å². The minimum atomic E-state index is -4.11. The highest BCUT2D eigenvalue weighted by atomic mass is 35.5.